The number of alkyl halides is 3. The van der Waals surface area contributed by atoms with Crippen molar-refractivity contribution < 1.29 is 18.3 Å². The number of benzene rings is 1. The molecular formula is C17H12F3N3O. The monoisotopic (exact) mass is 331 g/mol. The summed E-state index contributed by atoms with van der Waals surface area (Å²) in [7, 11) is 0. The lowest BCUT2D eigenvalue weighted by atomic mass is 10.1. The van der Waals surface area contributed by atoms with Crippen molar-refractivity contribution in [1.29, 1.82) is 0 Å². The third kappa shape index (κ3) is 3.45. The Morgan fingerprint density at radius 1 is 1.00 bits per heavy atom. The Morgan fingerprint density at radius 2 is 1.75 bits per heavy atom. The van der Waals surface area contributed by atoms with E-state index in [2.05, 4.69) is 10.1 Å². The molecule has 0 aliphatic heterocycles. The van der Waals surface area contributed by atoms with Crippen LogP contribution in [0.3, 0.4) is 0 Å². The third-order valence-corrected chi connectivity index (χ3v) is 3.26. The fraction of sp³-hybridized carbons (Fsp3) is 0.0588. The van der Waals surface area contributed by atoms with Crippen molar-refractivity contribution in [2.75, 3.05) is 0 Å². The van der Waals surface area contributed by atoms with Gasteiger partial charge in [0, 0.05) is 12.3 Å². The van der Waals surface area contributed by atoms with Gasteiger partial charge in [-0.3, -0.25) is 0 Å². The van der Waals surface area contributed by atoms with Crippen LogP contribution in [0.5, 0.6) is 5.88 Å². The number of aromatic nitrogens is 3. The van der Waals surface area contributed by atoms with Gasteiger partial charge < -0.3 is 5.11 Å². The van der Waals surface area contributed by atoms with Gasteiger partial charge in [-0.25, -0.2) is 4.98 Å². The van der Waals surface area contributed by atoms with E-state index in [-0.39, 0.29) is 5.88 Å². The lowest BCUT2D eigenvalue weighted by Crippen LogP contribution is -2.03. The minimum atomic E-state index is -4.35. The molecule has 3 rings (SSSR count). The van der Waals surface area contributed by atoms with Crippen LogP contribution < -0.4 is 0 Å². The minimum Gasteiger partial charge on any atom is -0.493 e. The number of hydrogen-bond acceptors (Lipinski definition) is 3. The Kier molecular flexibility index (Phi) is 4.07. The summed E-state index contributed by atoms with van der Waals surface area (Å²) in [6.45, 7) is 0. The molecule has 0 atom stereocenters. The van der Waals surface area contributed by atoms with Crippen LogP contribution in [0, 0.1) is 0 Å². The molecule has 0 fully saturated rings. The molecule has 0 aliphatic carbocycles. The van der Waals surface area contributed by atoms with Crippen LogP contribution in [-0.4, -0.2) is 19.9 Å². The standard InChI is InChI=1S/C17H12F3N3O/c18-17(19,20)13-7-4-12(5-8-13)6-9-14-11-16(24)23(22-14)15-3-1-2-10-21-15/h1-11,24H. The average Bonchev–Trinajstić information content (AvgIpc) is 2.94. The number of rotatable bonds is 3. The largest absolute Gasteiger partial charge is 0.493 e. The molecule has 0 saturated carbocycles. The quantitative estimate of drug-likeness (QED) is 0.784. The van der Waals surface area contributed by atoms with Crippen LogP contribution in [0.15, 0.2) is 54.7 Å². The van der Waals surface area contributed by atoms with Crippen LogP contribution in [0.25, 0.3) is 18.0 Å². The fourth-order valence-corrected chi connectivity index (χ4v) is 2.08. The van der Waals surface area contributed by atoms with Gasteiger partial charge in [-0.05, 0) is 35.9 Å². The number of nitrogens with zero attached hydrogens (tertiary/aromatic N) is 3. The van der Waals surface area contributed by atoms with Crippen LogP contribution in [-0.2, 0) is 6.18 Å². The van der Waals surface area contributed by atoms with Gasteiger partial charge in [0.1, 0.15) is 0 Å². The van der Waals surface area contributed by atoms with Crippen LogP contribution >= 0.6 is 0 Å². The van der Waals surface area contributed by atoms with Crippen molar-refractivity contribution in [3.8, 4) is 11.7 Å². The zero-order valence-corrected chi connectivity index (χ0v) is 12.3. The highest BCUT2D eigenvalue weighted by atomic mass is 19.4. The Labute approximate surface area is 135 Å². The van der Waals surface area contributed by atoms with Crippen molar-refractivity contribution in [3.05, 3.63) is 71.5 Å². The lowest BCUT2D eigenvalue weighted by molar-refractivity contribution is -0.137. The summed E-state index contributed by atoms with van der Waals surface area (Å²) in [5, 5.41) is 14.1. The zero-order valence-electron chi connectivity index (χ0n) is 12.3. The molecule has 7 heteroatoms. The Morgan fingerprint density at radius 3 is 2.38 bits per heavy atom. The van der Waals surface area contributed by atoms with Gasteiger partial charge in [-0.1, -0.05) is 24.3 Å². The molecule has 122 valence electrons. The third-order valence-electron chi connectivity index (χ3n) is 3.26. The summed E-state index contributed by atoms with van der Waals surface area (Å²) < 4.78 is 38.8. The first-order valence-corrected chi connectivity index (χ1v) is 6.99. The second kappa shape index (κ2) is 6.19. The summed E-state index contributed by atoms with van der Waals surface area (Å²) >= 11 is 0. The van der Waals surface area contributed by atoms with E-state index in [0.29, 0.717) is 17.1 Å². The van der Waals surface area contributed by atoms with Gasteiger partial charge >= 0.3 is 6.18 Å². The summed E-state index contributed by atoms with van der Waals surface area (Å²) in [5.74, 6) is 0.380. The molecule has 0 aliphatic rings. The van der Waals surface area contributed by atoms with Crippen LogP contribution in [0.4, 0.5) is 13.2 Å². The van der Waals surface area contributed by atoms with Crippen LogP contribution in [0.2, 0.25) is 0 Å². The van der Waals surface area contributed by atoms with E-state index in [9.17, 15) is 18.3 Å². The smallest absolute Gasteiger partial charge is 0.416 e. The van der Waals surface area contributed by atoms with E-state index in [4.69, 9.17) is 0 Å². The van der Waals surface area contributed by atoms with Gasteiger partial charge in [0.15, 0.2) is 5.82 Å². The average molecular weight is 331 g/mol. The van der Waals surface area contributed by atoms with E-state index in [1.54, 1.807) is 36.5 Å². The molecule has 0 saturated heterocycles. The first-order valence-electron chi connectivity index (χ1n) is 6.99. The molecule has 0 spiro atoms. The first-order chi connectivity index (χ1) is 11.4. The molecule has 2 heterocycles. The first kappa shape index (κ1) is 15.8. The molecule has 0 radical (unpaired) electrons. The highest BCUT2D eigenvalue weighted by Crippen LogP contribution is 2.29. The second-order valence-electron chi connectivity index (χ2n) is 4.98. The number of pyridine rings is 1. The van der Waals surface area contributed by atoms with Crippen molar-refractivity contribution in [3.63, 3.8) is 0 Å². The predicted molar refractivity (Wildman–Crippen MR) is 83.4 cm³/mol. The summed E-state index contributed by atoms with van der Waals surface area (Å²) in [5.41, 5.74) is 0.352. The van der Waals surface area contributed by atoms with E-state index in [1.165, 1.54) is 22.9 Å². The molecule has 4 nitrogen and oxygen atoms in total. The maximum atomic E-state index is 12.5. The summed E-state index contributed by atoms with van der Waals surface area (Å²) in [6, 6.07) is 11.4. The summed E-state index contributed by atoms with van der Waals surface area (Å²) in [4.78, 5) is 4.08. The van der Waals surface area contributed by atoms with Crippen molar-refractivity contribution in [2.45, 2.75) is 6.18 Å². The van der Waals surface area contributed by atoms with Crippen molar-refractivity contribution in [1.82, 2.24) is 14.8 Å². The molecule has 0 unspecified atom stereocenters. The van der Waals surface area contributed by atoms with Crippen molar-refractivity contribution >= 4 is 12.2 Å². The number of hydrogen-bond donors (Lipinski definition) is 1. The molecule has 3 aromatic rings. The van der Waals surface area contributed by atoms with E-state index in [1.807, 2.05) is 0 Å². The predicted octanol–water partition coefficient (Wildman–Crippen LogP) is 4.16. The Bertz CT molecular complexity index is 853. The fourth-order valence-electron chi connectivity index (χ4n) is 2.08. The van der Waals surface area contributed by atoms with E-state index in [0.717, 1.165) is 12.1 Å². The van der Waals surface area contributed by atoms with Gasteiger partial charge in [-0.2, -0.15) is 23.0 Å². The molecule has 1 aromatic carbocycles. The van der Waals surface area contributed by atoms with E-state index < -0.39 is 11.7 Å². The maximum Gasteiger partial charge on any atom is 0.416 e. The van der Waals surface area contributed by atoms with Crippen LogP contribution in [0.1, 0.15) is 16.8 Å². The normalized spacial score (nSPS) is 12.0. The Balaban J connectivity index is 1.80. The SMILES string of the molecule is Oc1cc(C=Cc2ccc(C(F)(F)F)cc2)nn1-c1ccccn1. The molecule has 2 aromatic heterocycles. The molecular weight excluding hydrogens is 319 g/mol. The molecule has 24 heavy (non-hydrogen) atoms. The highest BCUT2D eigenvalue weighted by Gasteiger charge is 2.29. The number of halogens is 3. The van der Waals surface area contributed by atoms with Gasteiger partial charge in [0.2, 0.25) is 5.88 Å². The van der Waals surface area contributed by atoms with E-state index >= 15 is 0 Å². The van der Waals surface area contributed by atoms with Gasteiger partial charge in [-0.15, -0.1) is 0 Å². The molecule has 0 bridgehead atoms. The maximum absolute atomic E-state index is 12.5. The van der Waals surface area contributed by atoms with Crippen molar-refractivity contribution in [2.24, 2.45) is 0 Å². The Hall–Kier alpha value is -3.09. The second-order valence-corrected chi connectivity index (χ2v) is 4.98. The number of aromatic hydroxyl groups is 1. The van der Waals surface area contributed by atoms with Gasteiger partial charge in [0.05, 0.1) is 11.3 Å². The lowest BCUT2D eigenvalue weighted by Gasteiger charge is -2.05. The molecule has 0 amide bonds. The summed E-state index contributed by atoms with van der Waals surface area (Å²) in [6.07, 6.45) is 0.441. The molecule has 1 N–H and O–H groups in total. The minimum absolute atomic E-state index is 0.0826. The topological polar surface area (TPSA) is 50.9 Å². The highest BCUT2D eigenvalue weighted by molar-refractivity contribution is 5.68. The van der Waals surface area contributed by atoms with Gasteiger partial charge in [0.25, 0.3) is 0 Å². The zero-order chi connectivity index (χ0) is 17.2.